The average Bonchev–Trinajstić information content (AvgIpc) is 3.08. The van der Waals surface area contributed by atoms with Crippen molar-refractivity contribution in [3.05, 3.63) is 30.1 Å². The van der Waals surface area contributed by atoms with E-state index in [1.54, 1.807) is 16.8 Å². The van der Waals surface area contributed by atoms with Crippen LogP contribution in [0.4, 0.5) is 0 Å². The van der Waals surface area contributed by atoms with Gasteiger partial charge in [0.2, 0.25) is 0 Å². The Kier molecular flexibility index (Phi) is 6.43. The highest BCUT2D eigenvalue weighted by atomic mass is 16.6. The summed E-state index contributed by atoms with van der Waals surface area (Å²) in [4.78, 5) is 33.6. The predicted molar refractivity (Wildman–Crippen MR) is 80.3 cm³/mol. The first kappa shape index (κ1) is 18.8. The molecule has 1 fully saturated rings. The first-order valence-electron chi connectivity index (χ1n) is 7.71. The third-order valence-corrected chi connectivity index (χ3v) is 3.76. The van der Waals surface area contributed by atoms with Gasteiger partial charge in [-0.15, -0.1) is 0 Å². The van der Waals surface area contributed by atoms with E-state index in [1.165, 1.54) is 12.3 Å². The molecule has 0 amide bonds. The first-order chi connectivity index (χ1) is 11.9. The van der Waals surface area contributed by atoms with Gasteiger partial charge in [0.05, 0.1) is 19.6 Å². The predicted octanol–water partition coefficient (Wildman–Crippen LogP) is -0.183. The summed E-state index contributed by atoms with van der Waals surface area (Å²) in [6.07, 6.45) is 1.62. The SMILES string of the molecule is COC(=O)CC(O)C(=O)OCC1CCC([n+]2cccc(C(=O)O)c2)O1. The summed E-state index contributed by atoms with van der Waals surface area (Å²) in [5.41, 5.74) is 0.145. The van der Waals surface area contributed by atoms with Crippen molar-refractivity contribution < 1.29 is 43.4 Å². The van der Waals surface area contributed by atoms with Gasteiger partial charge in [0, 0.05) is 12.5 Å². The van der Waals surface area contributed by atoms with Gasteiger partial charge >= 0.3 is 17.9 Å². The average molecular weight is 354 g/mol. The molecular weight excluding hydrogens is 334 g/mol. The number of hydrogen-bond donors (Lipinski definition) is 2. The second-order valence-corrected chi connectivity index (χ2v) is 5.56. The maximum atomic E-state index is 11.6. The fourth-order valence-corrected chi connectivity index (χ4v) is 2.42. The molecule has 1 aromatic heterocycles. The molecule has 3 atom stereocenters. The minimum Gasteiger partial charge on any atom is -0.477 e. The lowest BCUT2D eigenvalue weighted by Crippen LogP contribution is -2.40. The number of aromatic carboxylic acids is 1. The summed E-state index contributed by atoms with van der Waals surface area (Å²) in [6, 6.07) is 3.10. The van der Waals surface area contributed by atoms with Crippen LogP contribution in [0.15, 0.2) is 24.5 Å². The number of nitrogens with zero attached hydrogens (tertiary/aromatic N) is 1. The minimum atomic E-state index is -1.58. The highest BCUT2D eigenvalue weighted by Gasteiger charge is 2.33. The van der Waals surface area contributed by atoms with Crippen molar-refractivity contribution in [2.24, 2.45) is 0 Å². The molecule has 0 aliphatic carbocycles. The number of aromatic nitrogens is 1. The van der Waals surface area contributed by atoms with Crippen LogP contribution in [0.25, 0.3) is 0 Å². The zero-order chi connectivity index (χ0) is 18.4. The van der Waals surface area contributed by atoms with Gasteiger partial charge in [-0.2, -0.15) is 4.57 Å². The number of carbonyl (C=O) groups excluding carboxylic acids is 2. The molecule has 136 valence electrons. The van der Waals surface area contributed by atoms with Crippen molar-refractivity contribution in [3.8, 4) is 0 Å². The van der Waals surface area contributed by atoms with Crippen LogP contribution < -0.4 is 4.57 Å². The summed E-state index contributed by atoms with van der Waals surface area (Å²) in [6.45, 7) is -0.0628. The van der Waals surface area contributed by atoms with Crippen molar-refractivity contribution in [2.75, 3.05) is 13.7 Å². The van der Waals surface area contributed by atoms with Crippen LogP contribution in [0.5, 0.6) is 0 Å². The van der Waals surface area contributed by atoms with Gasteiger partial charge in [0.1, 0.15) is 12.2 Å². The minimum absolute atomic E-state index is 0.0628. The second-order valence-electron chi connectivity index (χ2n) is 5.56. The highest BCUT2D eigenvalue weighted by Crippen LogP contribution is 2.24. The molecule has 2 heterocycles. The van der Waals surface area contributed by atoms with Crippen molar-refractivity contribution >= 4 is 17.9 Å². The zero-order valence-corrected chi connectivity index (χ0v) is 13.7. The molecule has 25 heavy (non-hydrogen) atoms. The molecule has 0 aromatic carbocycles. The maximum absolute atomic E-state index is 11.6. The first-order valence-corrected chi connectivity index (χ1v) is 7.71. The largest absolute Gasteiger partial charge is 0.477 e. The van der Waals surface area contributed by atoms with E-state index in [9.17, 15) is 19.5 Å². The molecule has 9 nitrogen and oxygen atoms in total. The Morgan fingerprint density at radius 3 is 2.84 bits per heavy atom. The molecular formula is C16H20NO8+. The molecule has 0 radical (unpaired) electrons. The molecule has 2 rings (SSSR count). The molecule has 3 unspecified atom stereocenters. The topological polar surface area (TPSA) is 123 Å². The number of pyridine rings is 1. The molecule has 2 N–H and O–H groups in total. The monoisotopic (exact) mass is 354 g/mol. The number of carboxylic acids is 1. The normalized spacial score (nSPS) is 20.7. The third-order valence-electron chi connectivity index (χ3n) is 3.76. The molecule has 1 aromatic rings. The van der Waals surface area contributed by atoms with Crippen LogP contribution in [0.2, 0.25) is 0 Å². The molecule has 1 aliphatic heterocycles. The zero-order valence-electron chi connectivity index (χ0n) is 13.7. The van der Waals surface area contributed by atoms with Gasteiger partial charge in [-0.1, -0.05) is 0 Å². The van der Waals surface area contributed by atoms with Crippen molar-refractivity contribution in [1.29, 1.82) is 0 Å². The standard InChI is InChI=1S/C16H19NO8/c1-23-14(19)7-12(18)16(22)24-9-11-4-5-13(25-11)17-6-2-3-10(8-17)15(20)21/h2-3,6,8,11-13,18H,4-5,7,9H2,1H3/p+1. The lowest BCUT2D eigenvalue weighted by molar-refractivity contribution is -0.759. The summed E-state index contributed by atoms with van der Waals surface area (Å²) in [5, 5.41) is 18.5. The second kappa shape index (κ2) is 8.54. The van der Waals surface area contributed by atoms with Crippen LogP contribution in [0.3, 0.4) is 0 Å². The van der Waals surface area contributed by atoms with E-state index in [1.807, 2.05) is 0 Å². The van der Waals surface area contributed by atoms with Crippen LogP contribution in [0.1, 0.15) is 35.8 Å². The Morgan fingerprint density at radius 2 is 2.16 bits per heavy atom. The van der Waals surface area contributed by atoms with Crippen molar-refractivity contribution in [3.63, 3.8) is 0 Å². The van der Waals surface area contributed by atoms with Gasteiger partial charge in [-0.3, -0.25) is 4.79 Å². The van der Waals surface area contributed by atoms with Crippen LogP contribution in [-0.2, 0) is 23.8 Å². The number of carbonyl (C=O) groups is 3. The number of aliphatic hydroxyl groups excluding tert-OH is 1. The number of rotatable bonds is 7. The van der Waals surface area contributed by atoms with Gasteiger partial charge < -0.3 is 24.4 Å². The van der Waals surface area contributed by atoms with Gasteiger partial charge in [0.15, 0.2) is 18.5 Å². The summed E-state index contributed by atoms with van der Waals surface area (Å²) < 4.78 is 16.7. The van der Waals surface area contributed by atoms with E-state index in [4.69, 9.17) is 14.6 Å². The van der Waals surface area contributed by atoms with Crippen molar-refractivity contribution in [1.82, 2.24) is 0 Å². The molecule has 0 bridgehead atoms. The Morgan fingerprint density at radius 1 is 1.40 bits per heavy atom. The number of esters is 2. The fraction of sp³-hybridized carbons (Fsp3) is 0.500. The summed E-state index contributed by atoms with van der Waals surface area (Å²) in [7, 11) is 1.16. The van der Waals surface area contributed by atoms with Gasteiger partial charge in [-0.05, 0) is 12.5 Å². The smallest absolute Gasteiger partial charge is 0.341 e. The van der Waals surface area contributed by atoms with Crippen LogP contribution in [0, 0.1) is 0 Å². The number of aliphatic hydroxyl groups is 1. The highest BCUT2D eigenvalue weighted by molar-refractivity contribution is 5.86. The van der Waals surface area contributed by atoms with Crippen LogP contribution >= 0.6 is 0 Å². The van der Waals surface area contributed by atoms with E-state index in [2.05, 4.69) is 4.74 Å². The van der Waals surface area contributed by atoms with E-state index >= 15 is 0 Å². The Hall–Kier alpha value is -2.52. The molecule has 0 spiro atoms. The Balaban J connectivity index is 1.83. The lowest BCUT2D eigenvalue weighted by Gasteiger charge is -2.13. The Labute approximate surface area is 143 Å². The number of methoxy groups -OCH3 is 1. The van der Waals surface area contributed by atoms with E-state index in [0.29, 0.717) is 12.8 Å². The molecule has 9 heteroatoms. The lowest BCUT2D eigenvalue weighted by atomic mass is 10.2. The van der Waals surface area contributed by atoms with E-state index < -0.39 is 30.4 Å². The van der Waals surface area contributed by atoms with Crippen molar-refractivity contribution in [2.45, 2.75) is 37.7 Å². The Bertz CT molecular complexity index is 647. The van der Waals surface area contributed by atoms with Gasteiger partial charge in [-0.25, -0.2) is 9.59 Å². The maximum Gasteiger partial charge on any atom is 0.341 e. The summed E-state index contributed by atoms with van der Waals surface area (Å²) >= 11 is 0. The van der Waals surface area contributed by atoms with E-state index in [-0.39, 0.29) is 24.5 Å². The quantitative estimate of drug-likeness (QED) is 0.510. The third kappa shape index (κ3) is 5.23. The molecule has 1 saturated heterocycles. The molecule has 1 aliphatic rings. The number of hydrogen-bond acceptors (Lipinski definition) is 7. The molecule has 0 saturated carbocycles. The van der Waals surface area contributed by atoms with E-state index in [0.717, 1.165) is 7.11 Å². The number of carboxylic acid groups (broad SMARTS) is 1. The van der Waals surface area contributed by atoms with Gasteiger partial charge in [0.25, 0.3) is 6.23 Å². The summed E-state index contributed by atoms with van der Waals surface area (Å²) in [5.74, 6) is -2.66. The van der Waals surface area contributed by atoms with Crippen LogP contribution in [-0.4, -0.2) is 54.0 Å². The number of ether oxygens (including phenoxy) is 3. The fourth-order valence-electron chi connectivity index (χ4n) is 2.42.